The number of nitrogens with zero attached hydrogens (tertiary/aromatic N) is 1. The molecule has 3 rings (SSSR count). The zero-order valence-electron chi connectivity index (χ0n) is 12.7. The Labute approximate surface area is 130 Å². The molecule has 1 atom stereocenters. The molecule has 2 aromatic rings. The normalized spacial score (nSPS) is 17.5. The molecule has 4 heteroatoms. The molecule has 0 radical (unpaired) electrons. The summed E-state index contributed by atoms with van der Waals surface area (Å²) in [4.78, 5) is 14.7. The molecule has 22 heavy (non-hydrogen) atoms. The summed E-state index contributed by atoms with van der Waals surface area (Å²) in [7, 11) is 1.66. The largest absolute Gasteiger partial charge is 0.496 e. The summed E-state index contributed by atoms with van der Waals surface area (Å²) >= 11 is 0. The molecule has 2 aromatic carbocycles. The lowest BCUT2D eigenvalue weighted by Gasteiger charge is -2.26. The number of amides is 1. The average molecular weight is 296 g/mol. The molecule has 1 saturated heterocycles. The van der Waals surface area contributed by atoms with Gasteiger partial charge in [-0.15, -0.1) is 0 Å². The molecule has 0 spiro atoms. The lowest BCUT2D eigenvalue weighted by molar-refractivity contribution is 0.0734. The highest BCUT2D eigenvalue weighted by atomic mass is 16.5. The van der Waals surface area contributed by atoms with Crippen LogP contribution in [0, 0.1) is 0 Å². The highest BCUT2D eigenvalue weighted by molar-refractivity contribution is 5.95. The molecule has 114 valence electrons. The van der Waals surface area contributed by atoms with Crippen molar-refractivity contribution in [3.8, 4) is 5.75 Å². The summed E-state index contributed by atoms with van der Waals surface area (Å²) in [6, 6.07) is 15.1. The molecule has 0 bridgehead atoms. The zero-order valence-corrected chi connectivity index (χ0v) is 12.7. The number of hydrogen-bond donors (Lipinski definition) is 1. The fourth-order valence-corrected chi connectivity index (χ4v) is 3.11. The van der Waals surface area contributed by atoms with Crippen molar-refractivity contribution in [2.45, 2.75) is 18.9 Å². The van der Waals surface area contributed by atoms with E-state index in [2.05, 4.69) is 0 Å². The molecular weight excluding hydrogens is 276 g/mol. The van der Waals surface area contributed by atoms with Crippen molar-refractivity contribution in [2.24, 2.45) is 0 Å². The quantitative estimate of drug-likeness (QED) is 0.885. The van der Waals surface area contributed by atoms with Gasteiger partial charge in [-0.3, -0.25) is 4.79 Å². The molecule has 0 unspecified atom stereocenters. The van der Waals surface area contributed by atoms with Crippen molar-refractivity contribution < 1.29 is 9.53 Å². The van der Waals surface area contributed by atoms with Crippen LogP contribution in [0.2, 0.25) is 0 Å². The van der Waals surface area contributed by atoms with E-state index in [1.165, 1.54) is 0 Å². The van der Waals surface area contributed by atoms with Gasteiger partial charge in [-0.25, -0.2) is 0 Å². The molecular formula is C18H20N2O2. The van der Waals surface area contributed by atoms with Crippen LogP contribution in [0.25, 0.3) is 0 Å². The lowest BCUT2D eigenvalue weighted by Crippen LogP contribution is -2.30. The van der Waals surface area contributed by atoms with Gasteiger partial charge in [0.25, 0.3) is 5.91 Å². The van der Waals surface area contributed by atoms with Gasteiger partial charge in [-0.1, -0.05) is 24.3 Å². The minimum Gasteiger partial charge on any atom is -0.496 e. The van der Waals surface area contributed by atoms with Crippen molar-refractivity contribution in [3.63, 3.8) is 0 Å². The number of carbonyl (C=O) groups is 1. The number of likely N-dealkylation sites (tertiary alicyclic amines) is 1. The zero-order chi connectivity index (χ0) is 15.5. The maximum absolute atomic E-state index is 12.8. The summed E-state index contributed by atoms with van der Waals surface area (Å²) in [5, 5.41) is 0. The molecule has 4 nitrogen and oxygen atoms in total. The second kappa shape index (κ2) is 6.10. The first-order chi connectivity index (χ1) is 10.7. The number of methoxy groups -OCH3 is 1. The topological polar surface area (TPSA) is 55.6 Å². The van der Waals surface area contributed by atoms with E-state index in [1.807, 2.05) is 41.3 Å². The second-order valence-corrected chi connectivity index (χ2v) is 5.52. The number of benzene rings is 2. The number of hydrogen-bond acceptors (Lipinski definition) is 3. The summed E-state index contributed by atoms with van der Waals surface area (Å²) in [6.07, 6.45) is 1.95. The first kappa shape index (κ1) is 14.4. The Hall–Kier alpha value is -2.49. The summed E-state index contributed by atoms with van der Waals surface area (Å²) in [5.74, 6) is 0.862. The third-order valence-electron chi connectivity index (χ3n) is 4.15. The van der Waals surface area contributed by atoms with E-state index in [4.69, 9.17) is 10.5 Å². The highest BCUT2D eigenvalue weighted by Crippen LogP contribution is 2.37. The molecule has 1 fully saturated rings. The Morgan fingerprint density at radius 3 is 2.82 bits per heavy atom. The first-order valence-corrected chi connectivity index (χ1v) is 7.50. The van der Waals surface area contributed by atoms with E-state index in [0.29, 0.717) is 11.3 Å². The Bertz CT molecular complexity index is 684. The summed E-state index contributed by atoms with van der Waals surface area (Å²) in [6.45, 7) is 0.760. The van der Waals surface area contributed by atoms with Gasteiger partial charge in [0.15, 0.2) is 0 Å². The number of rotatable bonds is 3. The maximum atomic E-state index is 12.8. The van der Waals surface area contributed by atoms with Crippen LogP contribution in [0.3, 0.4) is 0 Å². The van der Waals surface area contributed by atoms with Gasteiger partial charge in [0, 0.05) is 23.4 Å². The van der Waals surface area contributed by atoms with Crippen LogP contribution in [-0.4, -0.2) is 24.5 Å². The fraction of sp³-hybridized carbons (Fsp3) is 0.278. The summed E-state index contributed by atoms with van der Waals surface area (Å²) in [5.41, 5.74) is 8.12. The molecule has 1 aliphatic heterocycles. The maximum Gasteiger partial charge on any atom is 0.254 e. The lowest BCUT2D eigenvalue weighted by atomic mass is 10.0. The Kier molecular flexibility index (Phi) is 4.00. The average Bonchev–Trinajstić information content (AvgIpc) is 3.03. The number of anilines is 1. The van der Waals surface area contributed by atoms with Gasteiger partial charge >= 0.3 is 0 Å². The Morgan fingerprint density at radius 2 is 2.05 bits per heavy atom. The van der Waals surface area contributed by atoms with E-state index >= 15 is 0 Å². The number of para-hydroxylation sites is 1. The standard InChI is InChI=1S/C18H20N2O2/c1-22-17-10-3-2-8-15(17)16-9-5-11-20(16)18(21)13-6-4-7-14(19)12-13/h2-4,6-8,10,12,16H,5,9,11,19H2,1H3/t16-/m1/s1. The van der Waals surface area contributed by atoms with Crippen molar-refractivity contribution in [1.82, 2.24) is 4.90 Å². The minimum atomic E-state index is 0.0284. The number of nitrogen functional groups attached to an aromatic ring is 1. The first-order valence-electron chi connectivity index (χ1n) is 7.50. The third-order valence-corrected chi connectivity index (χ3v) is 4.15. The van der Waals surface area contributed by atoms with Gasteiger partial charge in [0.1, 0.15) is 5.75 Å². The van der Waals surface area contributed by atoms with E-state index in [0.717, 1.165) is 30.7 Å². The Balaban J connectivity index is 1.92. The van der Waals surface area contributed by atoms with Gasteiger partial charge in [-0.2, -0.15) is 0 Å². The van der Waals surface area contributed by atoms with E-state index in [9.17, 15) is 4.79 Å². The van der Waals surface area contributed by atoms with Crippen molar-refractivity contribution in [3.05, 3.63) is 59.7 Å². The summed E-state index contributed by atoms with van der Waals surface area (Å²) < 4.78 is 5.45. The van der Waals surface area contributed by atoms with Crippen LogP contribution in [0.4, 0.5) is 5.69 Å². The van der Waals surface area contributed by atoms with Crippen LogP contribution in [0.15, 0.2) is 48.5 Å². The third kappa shape index (κ3) is 2.64. The number of ether oxygens (including phenoxy) is 1. The van der Waals surface area contributed by atoms with Crippen molar-refractivity contribution >= 4 is 11.6 Å². The van der Waals surface area contributed by atoms with E-state index in [1.54, 1.807) is 19.2 Å². The minimum absolute atomic E-state index is 0.0284. The molecule has 1 heterocycles. The van der Waals surface area contributed by atoms with Crippen molar-refractivity contribution in [2.75, 3.05) is 19.4 Å². The number of nitrogens with two attached hydrogens (primary N) is 1. The highest BCUT2D eigenvalue weighted by Gasteiger charge is 2.32. The van der Waals surface area contributed by atoms with Crippen LogP contribution in [-0.2, 0) is 0 Å². The van der Waals surface area contributed by atoms with Gasteiger partial charge in [0.2, 0.25) is 0 Å². The predicted octanol–water partition coefficient (Wildman–Crippen LogP) is 3.25. The van der Waals surface area contributed by atoms with Crippen LogP contribution in [0.1, 0.15) is 34.8 Å². The molecule has 0 saturated carbocycles. The monoisotopic (exact) mass is 296 g/mol. The second-order valence-electron chi connectivity index (χ2n) is 5.52. The molecule has 0 aliphatic carbocycles. The SMILES string of the molecule is COc1ccccc1[C@H]1CCCN1C(=O)c1cccc(N)c1. The smallest absolute Gasteiger partial charge is 0.254 e. The van der Waals surface area contributed by atoms with Gasteiger partial charge < -0.3 is 15.4 Å². The van der Waals surface area contributed by atoms with Crippen LogP contribution in [0.5, 0.6) is 5.75 Å². The fourth-order valence-electron chi connectivity index (χ4n) is 3.11. The predicted molar refractivity (Wildman–Crippen MR) is 86.9 cm³/mol. The van der Waals surface area contributed by atoms with Crippen LogP contribution >= 0.6 is 0 Å². The van der Waals surface area contributed by atoms with E-state index < -0.39 is 0 Å². The number of carbonyl (C=O) groups excluding carboxylic acids is 1. The Morgan fingerprint density at radius 1 is 1.23 bits per heavy atom. The molecule has 1 amide bonds. The van der Waals surface area contributed by atoms with E-state index in [-0.39, 0.29) is 11.9 Å². The van der Waals surface area contributed by atoms with Crippen LogP contribution < -0.4 is 10.5 Å². The van der Waals surface area contributed by atoms with Gasteiger partial charge in [0.05, 0.1) is 13.2 Å². The molecule has 1 aliphatic rings. The van der Waals surface area contributed by atoms with Gasteiger partial charge in [-0.05, 0) is 37.1 Å². The molecule has 2 N–H and O–H groups in total. The molecule has 0 aromatic heterocycles. The van der Waals surface area contributed by atoms with Crippen molar-refractivity contribution in [1.29, 1.82) is 0 Å².